The van der Waals surface area contributed by atoms with Gasteiger partial charge in [-0.15, -0.1) is 0 Å². The van der Waals surface area contributed by atoms with Gasteiger partial charge < -0.3 is 9.47 Å². The minimum Gasteiger partial charge on any atom is -0.490 e. The molecule has 74 valence electrons. The third-order valence-corrected chi connectivity index (χ3v) is 1.64. The van der Waals surface area contributed by atoms with E-state index in [0.717, 1.165) is 0 Å². The van der Waals surface area contributed by atoms with Crippen molar-refractivity contribution in [1.82, 2.24) is 0 Å². The molecule has 0 saturated carbocycles. The topological polar surface area (TPSA) is 46.6 Å². The molecule has 1 rings (SSSR count). The second kappa shape index (κ2) is 5.07. The van der Waals surface area contributed by atoms with Gasteiger partial charge in [0.1, 0.15) is 0 Å². The molecule has 0 saturated heterocycles. The smallest absolute Gasteiger partial charge is 0.389 e. The Morgan fingerprint density at radius 2 is 1.79 bits per heavy atom. The molecule has 4 nitrogen and oxygen atoms in total. The zero-order valence-corrected chi connectivity index (χ0v) is 8.36. The first-order chi connectivity index (χ1) is 6.81. The van der Waals surface area contributed by atoms with Gasteiger partial charge in [0, 0.05) is 6.07 Å². The fraction of sp³-hybridized carbons (Fsp3) is 0.400. The van der Waals surface area contributed by atoms with Gasteiger partial charge in [-0.3, -0.25) is 0 Å². The van der Waals surface area contributed by atoms with Gasteiger partial charge in [0.15, 0.2) is 16.5 Å². The first kappa shape index (κ1) is 10.3. The summed E-state index contributed by atoms with van der Waals surface area (Å²) >= 11 is 0. The highest BCUT2D eigenvalue weighted by molar-refractivity contribution is 5.54. The summed E-state index contributed by atoms with van der Waals surface area (Å²) in [5.74, 6) is 1.27. The molecule has 0 atom stereocenters. The number of ether oxygens (including phenoxy) is 2. The molecule has 0 aliphatic carbocycles. The van der Waals surface area contributed by atoms with Crippen molar-refractivity contribution in [3.05, 3.63) is 23.2 Å². The van der Waals surface area contributed by atoms with Gasteiger partial charge >= 0.3 is 5.69 Å². The zero-order chi connectivity index (χ0) is 10.4. The molecule has 4 heteroatoms. The van der Waals surface area contributed by atoms with Crippen LogP contribution in [0, 0.1) is 5.39 Å². The van der Waals surface area contributed by atoms with Crippen molar-refractivity contribution < 1.29 is 9.47 Å². The van der Waals surface area contributed by atoms with Crippen LogP contribution in [0.15, 0.2) is 18.2 Å². The molecule has 0 N–H and O–H groups in total. The van der Waals surface area contributed by atoms with Gasteiger partial charge in [-0.1, -0.05) is 0 Å². The molecular weight excluding hydrogens is 180 g/mol. The van der Waals surface area contributed by atoms with Gasteiger partial charge in [0.2, 0.25) is 5.39 Å². The summed E-state index contributed by atoms with van der Waals surface area (Å²) in [4.78, 5) is 3.08. The maximum atomic E-state index is 8.58. The van der Waals surface area contributed by atoms with E-state index in [1.807, 2.05) is 13.8 Å². The first-order valence-corrected chi connectivity index (χ1v) is 4.56. The maximum absolute atomic E-state index is 8.58. The van der Waals surface area contributed by atoms with Crippen molar-refractivity contribution >= 4 is 5.69 Å². The second-order valence-corrected chi connectivity index (χ2v) is 2.60. The molecule has 0 amide bonds. The summed E-state index contributed by atoms with van der Waals surface area (Å²) in [6.45, 7) is 4.92. The summed E-state index contributed by atoms with van der Waals surface area (Å²) in [6.07, 6.45) is 0. The molecular formula is C10H13N2O2+. The van der Waals surface area contributed by atoms with E-state index in [2.05, 4.69) is 4.98 Å². The van der Waals surface area contributed by atoms with E-state index in [9.17, 15) is 0 Å². The Bertz CT molecular complexity index is 344. The molecule has 0 fully saturated rings. The molecule has 0 aromatic heterocycles. The molecule has 0 spiro atoms. The van der Waals surface area contributed by atoms with Gasteiger partial charge in [-0.25, -0.2) is 0 Å². The minimum atomic E-state index is 0.455. The van der Waals surface area contributed by atoms with Crippen molar-refractivity contribution in [3.63, 3.8) is 0 Å². The van der Waals surface area contributed by atoms with Crippen LogP contribution in [0.25, 0.3) is 4.98 Å². The Hall–Kier alpha value is -1.76. The quantitative estimate of drug-likeness (QED) is 0.690. The van der Waals surface area contributed by atoms with E-state index in [-0.39, 0.29) is 0 Å². The molecule has 0 bridgehead atoms. The predicted molar refractivity (Wildman–Crippen MR) is 53.5 cm³/mol. The zero-order valence-electron chi connectivity index (χ0n) is 8.36. The van der Waals surface area contributed by atoms with Gasteiger partial charge in [0.05, 0.1) is 19.3 Å². The van der Waals surface area contributed by atoms with Crippen LogP contribution in [0.5, 0.6) is 11.5 Å². The summed E-state index contributed by atoms with van der Waals surface area (Å²) in [5.41, 5.74) is 0.455. The lowest BCUT2D eigenvalue weighted by atomic mass is 10.3. The van der Waals surface area contributed by atoms with E-state index in [4.69, 9.17) is 14.9 Å². The molecule has 14 heavy (non-hydrogen) atoms. The number of rotatable bonds is 4. The van der Waals surface area contributed by atoms with Crippen molar-refractivity contribution in [1.29, 1.82) is 5.39 Å². The summed E-state index contributed by atoms with van der Waals surface area (Å²) in [6, 6.07) is 5.02. The fourth-order valence-electron chi connectivity index (χ4n) is 1.10. The average molecular weight is 193 g/mol. The molecule has 0 aliphatic rings. The Morgan fingerprint density at radius 1 is 1.14 bits per heavy atom. The summed E-state index contributed by atoms with van der Waals surface area (Å²) < 4.78 is 10.7. The number of hydrogen-bond donors (Lipinski definition) is 0. The minimum absolute atomic E-state index is 0.455. The number of hydrogen-bond acceptors (Lipinski definition) is 3. The lowest BCUT2D eigenvalue weighted by molar-refractivity contribution is 0.288. The highest BCUT2D eigenvalue weighted by atomic mass is 16.5. The Labute approximate surface area is 83.1 Å². The van der Waals surface area contributed by atoms with Gasteiger partial charge in [-0.05, 0) is 19.9 Å². The normalized spacial score (nSPS) is 9.21. The highest BCUT2D eigenvalue weighted by Gasteiger charge is 2.11. The standard InChI is InChI=1S/C10H13N2O2/c1-3-13-9-6-5-8(12-11)7-10(9)14-4-2/h5-7H,3-4H2,1-2H3/q+1. The number of nitrogens with zero attached hydrogens (tertiary/aromatic N) is 2. The molecule has 0 aliphatic heterocycles. The van der Waals surface area contributed by atoms with Crippen LogP contribution in [0.1, 0.15) is 13.8 Å². The van der Waals surface area contributed by atoms with Crippen molar-refractivity contribution in [2.75, 3.05) is 13.2 Å². The second-order valence-electron chi connectivity index (χ2n) is 2.60. The van der Waals surface area contributed by atoms with E-state index in [1.165, 1.54) is 0 Å². The van der Waals surface area contributed by atoms with Crippen LogP contribution in [0.4, 0.5) is 5.69 Å². The third kappa shape index (κ3) is 2.36. The van der Waals surface area contributed by atoms with Crippen LogP contribution in [0.3, 0.4) is 0 Å². The SMILES string of the molecule is CCOc1ccc([N+]#N)cc1OCC. The monoisotopic (exact) mass is 193 g/mol. The molecule has 0 heterocycles. The van der Waals surface area contributed by atoms with Gasteiger partial charge in [-0.2, -0.15) is 0 Å². The number of diazo groups is 1. The summed E-state index contributed by atoms with van der Waals surface area (Å²) in [7, 11) is 0. The van der Waals surface area contributed by atoms with Crippen LogP contribution in [0.2, 0.25) is 0 Å². The lowest BCUT2D eigenvalue weighted by Gasteiger charge is -2.08. The first-order valence-electron chi connectivity index (χ1n) is 4.56. The maximum Gasteiger partial charge on any atom is 0.389 e. The molecule has 0 radical (unpaired) electrons. The van der Waals surface area contributed by atoms with Crippen molar-refractivity contribution in [3.8, 4) is 11.5 Å². The predicted octanol–water partition coefficient (Wildman–Crippen LogP) is 2.97. The van der Waals surface area contributed by atoms with Crippen LogP contribution >= 0.6 is 0 Å². The Kier molecular flexibility index (Phi) is 3.74. The van der Waals surface area contributed by atoms with Crippen LogP contribution < -0.4 is 9.47 Å². The van der Waals surface area contributed by atoms with Crippen LogP contribution in [-0.2, 0) is 0 Å². The summed E-state index contributed by atoms with van der Waals surface area (Å²) in [5, 5.41) is 8.58. The third-order valence-electron chi connectivity index (χ3n) is 1.64. The Morgan fingerprint density at radius 3 is 2.36 bits per heavy atom. The molecule has 1 aromatic rings. The van der Waals surface area contributed by atoms with Gasteiger partial charge in [0.25, 0.3) is 0 Å². The molecule has 0 unspecified atom stereocenters. The van der Waals surface area contributed by atoms with Crippen LogP contribution in [-0.4, -0.2) is 13.2 Å². The largest absolute Gasteiger partial charge is 0.490 e. The molecule has 1 aromatic carbocycles. The van der Waals surface area contributed by atoms with E-state index < -0.39 is 0 Å². The Balaban J connectivity index is 2.98. The van der Waals surface area contributed by atoms with E-state index >= 15 is 0 Å². The number of benzene rings is 1. The van der Waals surface area contributed by atoms with Crippen molar-refractivity contribution in [2.45, 2.75) is 13.8 Å². The lowest BCUT2D eigenvalue weighted by Crippen LogP contribution is -1.97. The fourth-order valence-corrected chi connectivity index (χ4v) is 1.10. The van der Waals surface area contributed by atoms with Crippen molar-refractivity contribution in [2.24, 2.45) is 0 Å². The van der Waals surface area contributed by atoms with E-state index in [1.54, 1.807) is 18.2 Å². The highest BCUT2D eigenvalue weighted by Crippen LogP contribution is 2.31. The van der Waals surface area contributed by atoms with E-state index in [0.29, 0.717) is 30.4 Å². The average Bonchev–Trinajstić information content (AvgIpc) is 2.21.